The molecule has 0 aromatic heterocycles. The predicted octanol–water partition coefficient (Wildman–Crippen LogP) is -0.550. The molecule has 1 rings (SSSR count). The molecule has 0 aromatic rings. The first-order chi connectivity index (χ1) is 6.03. The van der Waals surface area contributed by atoms with Gasteiger partial charge < -0.3 is 14.9 Å². The van der Waals surface area contributed by atoms with Gasteiger partial charge in [-0.2, -0.15) is 0 Å². The van der Waals surface area contributed by atoms with E-state index in [1.165, 1.54) is 0 Å². The van der Waals surface area contributed by atoms with Gasteiger partial charge in [-0.25, -0.2) is 0 Å². The highest BCUT2D eigenvalue weighted by atomic mass is 16.5. The highest BCUT2D eigenvalue weighted by Gasteiger charge is 2.27. The molecule has 1 aliphatic heterocycles. The molecular weight excluding hydrogens is 170 g/mol. The molecule has 1 atom stereocenters. The van der Waals surface area contributed by atoms with Gasteiger partial charge in [-0.3, -0.25) is 4.90 Å². The van der Waals surface area contributed by atoms with E-state index in [2.05, 4.69) is 4.90 Å². The van der Waals surface area contributed by atoms with Gasteiger partial charge in [0.2, 0.25) is 0 Å². The minimum absolute atomic E-state index is 0.132. The van der Waals surface area contributed by atoms with Crippen LogP contribution in [-0.4, -0.2) is 59.7 Å². The van der Waals surface area contributed by atoms with Crippen LogP contribution < -0.4 is 0 Å². The van der Waals surface area contributed by atoms with Crippen molar-refractivity contribution in [2.75, 3.05) is 32.8 Å². The van der Waals surface area contributed by atoms with Crippen LogP contribution in [0.5, 0.6) is 0 Å². The largest absolute Gasteiger partial charge is 0.394 e. The Hall–Kier alpha value is -0.160. The van der Waals surface area contributed by atoms with Crippen LogP contribution in [0.3, 0.4) is 0 Å². The molecule has 0 radical (unpaired) electrons. The van der Waals surface area contributed by atoms with E-state index < -0.39 is 6.10 Å². The third-order valence-electron chi connectivity index (χ3n) is 2.18. The molecular formula is C9H19NO3. The smallest absolute Gasteiger partial charge is 0.0897 e. The molecule has 4 nitrogen and oxygen atoms in total. The second kappa shape index (κ2) is 4.37. The summed E-state index contributed by atoms with van der Waals surface area (Å²) >= 11 is 0. The zero-order valence-electron chi connectivity index (χ0n) is 8.36. The van der Waals surface area contributed by atoms with Gasteiger partial charge in [0.25, 0.3) is 0 Å². The number of hydrogen-bond donors (Lipinski definition) is 2. The quantitative estimate of drug-likeness (QED) is 0.625. The minimum atomic E-state index is -0.631. The van der Waals surface area contributed by atoms with Crippen LogP contribution in [-0.2, 0) is 4.74 Å². The summed E-state index contributed by atoms with van der Waals surface area (Å²) in [5.74, 6) is 0. The van der Waals surface area contributed by atoms with Crippen molar-refractivity contribution < 1.29 is 14.9 Å². The van der Waals surface area contributed by atoms with E-state index in [0.717, 1.165) is 13.1 Å². The summed E-state index contributed by atoms with van der Waals surface area (Å²) in [6.45, 7) is 6.77. The van der Waals surface area contributed by atoms with Crippen LogP contribution in [0.15, 0.2) is 0 Å². The Bertz CT molecular complexity index is 161. The Morgan fingerprint density at radius 3 is 2.77 bits per heavy atom. The average molecular weight is 189 g/mol. The Morgan fingerprint density at radius 2 is 2.23 bits per heavy atom. The molecule has 0 saturated carbocycles. The fourth-order valence-corrected chi connectivity index (χ4v) is 1.63. The van der Waals surface area contributed by atoms with Gasteiger partial charge in [0.1, 0.15) is 0 Å². The summed E-state index contributed by atoms with van der Waals surface area (Å²) in [5.41, 5.74) is -0.132. The summed E-state index contributed by atoms with van der Waals surface area (Å²) in [5, 5.41) is 17.9. The Morgan fingerprint density at radius 1 is 1.54 bits per heavy atom. The zero-order valence-corrected chi connectivity index (χ0v) is 8.36. The molecule has 1 aliphatic rings. The van der Waals surface area contributed by atoms with Crippen molar-refractivity contribution in [1.82, 2.24) is 4.90 Å². The van der Waals surface area contributed by atoms with E-state index in [1.54, 1.807) is 0 Å². The zero-order chi connectivity index (χ0) is 9.90. The van der Waals surface area contributed by atoms with Crippen molar-refractivity contribution in [3.05, 3.63) is 0 Å². The summed E-state index contributed by atoms with van der Waals surface area (Å²) in [6, 6.07) is 0. The number of aliphatic hydroxyl groups excluding tert-OH is 2. The lowest BCUT2D eigenvalue weighted by molar-refractivity contribution is -0.0952. The number of nitrogens with zero attached hydrogens (tertiary/aromatic N) is 1. The Kier molecular flexibility index (Phi) is 3.67. The third-order valence-corrected chi connectivity index (χ3v) is 2.18. The van der Waals surface area contributed by atoms with Crippen LogP contribution in [0.2, 0.25) is 0 Å². The number of rotatable bonds is 3. The summed E-state index contributed by atoms with van der Waals surface area (Å²) in [4.78, 5) is 2.12. The third kappa shape index (κ3) is 3.60. The Balaban J connectivity index is 2.34. The van der Waals surface area contributed by atoms with Crippen LogP contribution in [0.1, 0.15) is 13.8 Å². The maximum absolute atomic E-state index is 9.25. The van der Waals surface area contributed by atoms with E-state index in [4.69, 9.17) is 9.84 Å². The lowest BCUT2D eigenvalue weighted by atomic mass is 10.1. The molecule has 0 spiro atoms. The highest BCUT2D eigenvalue weighted by Crippen LogP contribution is 2.16. The second-order valence-corrected chi connectivity index (χ2v) is 4.18. The maximum Gasteiger partial charge on any atom is 0.0897 e. The molecule has 1 saturated heterocycles. The van der Waals surface area contributed by atoms with Crippen molar-refractivity contribution in [3.8, 4) is 0 Å². The molecule has 0 amide bonds. The number of ether oxygens (including phenoxy) is 1. The lowest BCUT2D eigenvalue weighted by Crippen LogP contribution is -2.50. The van der Waals surface area contributed by atoms with Gasteiger partial charge in [-0.1, -0.05) is 0 Å². The molecule has 78 valence electrons. The van der Waals surface area contributed by atoms with E-state index in [1.807, 2.05) is 13.8 Å². The van der Waals surface area contributed by atoms with Gasteiger partial charge in [0, 0.05) is 19.6 Å². The average Bonchev–Trinajstić information content (AvgIpc) is 2.02. The van der Waals surface area contributed by atoms with Gasteiger partial charge in [-0.15, -0.1) is 0 Å². The molecule has 1 fully saturated rings. The van der Waals surface area contributed by atoms with Crippen LogP contribution in [0, 0.1) is 0 Å². The minimum Gasteiger partial charge on any atom is -0.394 e. The highest BCUT2D eigenvalue weighted by molar-refractivity contribution is 4.80. The first-order valence-corrected chi connectivity index (χ1v) is 4.69. The molecule has 4 heteroatoms. The summed E-state index contributed by atoms with van der Waals surface area (Å²) in [6.07, 6.45) is -0.631. The SMILES string of the molecule is CC1(C)CN(CC(O)CO)CCO1. The van der Waals surface area contributed by atoms with Gasteiger partial charge in [0.15, 0.2) is 0 Å². The maximum atomic E-state index is 9.25. The first kappa shape index (κ1) is 10.9. The molecule has 0 aromatic carbocycles. The van der Waals surface area contributed by atoms with E-state index in [-0.39, 0.29) is 12.2 Å². The van der Waals surface area contributed by atoms with Crippen LogP contribution in [0.25, 0.3) is 0 Å². The van der Waals surface area contributed by atoms with Crippen molar-refractivity contribution in [1.29, 1.82) is 0 Å². The van der Waals surface area contributed by atoms with E-state index >= 15 is 0 Å². The van der Waals surface area contributed by atoms with Crippen molar-refractivity contribution in [2.45, 2.75) is 25.6 Å². The number of morpholine rings is 1. The van der Waals surface area contributed by atoms with E-state index in [0.29, 0.717) is 13.2 Å². The van der Waals surface area contributed by atoms with Gasteiger partial charge >= 0.3 is 0 Å². The molecule has 0 aliphatic carbocycles. The van der Waals surface area contributed by atoms with Crippen molar-refractivity contribution in [3.63, 3.8) is 0 Å². The van der Waals surface area contributed by atoms with Gasteiger partial charge in [-0.05, 0) is 13.8 Å². The molecule has 1 heterocycles. The summed E-state index contributed by atoms with van der Waals surface area (Å²) in [7, 11) is 0. The van der Waals surface area contributed by atoms with Crippen LogP contribution >= 0.6 is 0 Å². The fraction of sp³-hybridized carbons (Fsp3) is 1.00. The summed E-state index contributed by atoms with van der Waals surface area (Å²) < 4.78 is 5.52. The monoisotopic (exact) mass is 189 g/mol. The first-order valence-electron chi connectivity index (χ1n) is 4.69. The van der Waals surface area contributed by atoms with Crippen LogP contribution in [0.4, 0.5) is 0 Å². The van der Waals surface area contributed by atoms with Gasteiger partial charge in [0.05, 0.1) is 24.9 Å². The van der Waals surface area contributed by atoms with E-state index in [9.17, 15) is 5.11 Å². The molecule has 2 N–H and O–H groups in total. The topological polar surface area (TPSA) is 52.9 Å². The predicted molar refractivity (Wildman–Crippen MR) is 49.6 cm³/mol. The molecule has 0 bridgehead atoms. The second-order valence-electron chi connectivity index (χ2n) is 4.18. The van der Waals surface area contributed by atoms with Crippen molar-refractivity contribution in [2.24, 2.45) is 0 Å². The number of hydrogen-bond acceptors (Lipinski definition) is 4. The molecule has 1 unspecified atom stereocenters. The standard InChI is InChI=1S/C9H19NO3/c1-9(2)7-10(3-4-13-9)5-8(12)6-11/h8,11-12H,3-7H2,1-2H3. The number of aliphatic hydroxyl groups is 2. The van der Waals surface area contributed by atoms with Crippen molar-refractivity contribution >= 4 is 0 Å². The number of β-amino-alcohol motifs (C(OH)–C–C–N with tert-alkyl or cyclic N) is 1. The Labute approximate surface area is 79.1 Å². The lowest BCUT2D eigenvalue weighted by Gasteiger charge is -2.38. The molecule has 13 heavy (non-hydrogen) atoms. The fourth-order valence-electron chi connectivity index (χ4n) is 1.63. The normalized spacial score (nSPS) is 25.8.